The number of methoxy groups -OCH3 is 1. The number of amides is 2. The van der Waals surface area contributed by atoms with Crippen molar-refractivity contribution in [1.29, 1.82) is 0 Å². The fourth-order valence-electron chi connectivity index (χ4n) is 2.60. The van der Waals surface area contributed by atoms with E-state index in [4.69, 9.17) is 4.74 Å². The average Bonchev–Trinajstić information content (AvgIpc) is 3.29. The second kappa shape index (κ2) is 9.55. The summed E-state index contributed by atoms with van der Waals surface area (Å²) in [5.74, 6) is -0.348. The van der Waals surface area contributed by atoms with Gasteiger partial charge in [-0.15, -0.1) is 11.3 Å². The molecule has 2 aromatic carbocycles. The van der Waals surface area contributed by atoms with E-state index in [2.05, 4.69) is 10.6 Å². The summed E-state index contributed by atoms with van der Waals surface area (Å²) in [6.45, 7) is 0. The number of sulfone groups is 1. The molecule has 0 radical (unpaired) electrons. The highest BCUT2D eigenvalue weighted by Gasteiger charge is 2.17. The lowest BCUT2D eigenvalue weighted by molar-refractivity contribution is -0.115. The van der Waals surface area contributed by atoms with Gasteiger partial charge in [0.2, 0.25) is 5.91 Å². The van der Waals surface area contributed by atoms with Crippen LogP contribution in [0.4, 0.5) is 11.4 Å². The van der Waals surface area contributed by atoms with E-state index in [1.165, 1.54) is 6.07 Å². The van der Waals surface area contributed by atoms with Gasteiger partial charge in [0.1, 0.15) is 9.96 Å². The smallest absolute Gasteiger partial charge is 0.255 e. The predicted molar refractivity (Wildman–Crippen MR) is 117 cm³/mol. The van der Waals surface area contributed by atoms with Crippen LogP contribution in [0.15, 0.2) is 70.3 Å². The molecule has 3 aromatic rings. The molecule has 156 valence electrons. The molecule has 1 heterocycles. The van der Waals surface area contributed by atoms with Crippen LogP contribution in [0.3, 0.4) is 0 Å². The van der Waals surface area contributed by atoms with Crippen LogP contribution >= 0.6 is 11.3 Å². The van der Waals surface area contributed by atoms with Gasteiger partial charge in [0.25, 0.3) is 5.91 Å². The van der Waals surface area contributed by atoms with E-state index in [-0.39, 0.29) is 22.3 Å². The van der Waals surface area contributed by atoms with Crippen molar-refractivity contribution < 1.29 is 22.7 Å². The fraction of sp³-hybridized carbons (Fsp3) is 0.143. The van der Waals surface area contributed by atoms with Gasteiger partial charge in [-0.1, -0.05) is 12.1 Å². The minimum absolute atomic E-state index is 0.154. The van der Waals surface area contributed by atoms with E-state index in [9.17, 15) is 18.0 Å². The zero-order valence-corrected chi connectivity index (χ0v) is 17.8. The first-order valence-electron chi connectivity index (χ1n) is 8.99. The van der Waals surface area contributed by atoms with Crippen LogP contribution < -0.4 is 15.4 Å². The Kier molecular flexibility index (Phi) is 6.86. The van der Waals surface area contributed by atoms with Gasteiger partial charge in [-0.05, 0) is 47.8 Å². The molecule has 3 rings (SSSR count). The number of hydrogen-bond acceptors (Lipinski definition) is 6. The van der Waals surface area contributed by atoms with Crippen molar-refractivity contribution in [2.24, 2.45) is 0 Å². The average molecular weight is 445 g/mol. The summed E-state index contributed by atoms with van der Waals surface area (Å²) in [7, 11) is -1.91. The first-order valence-corrected chi connectivity index (χ1v) is 11.5. The van der Waals surface area contributed by atoms with Gasteiger partial charge < -0.3 is 15.4 Å². The number of nitrogens with one attached hydrogen (secondary N) is 2. The lowest BCUT2D eigenvalue weighted by Crippen LogP contribution is -2.17. The van der Waals surface area contributed by atoms with Crippen molar-refractivity contribution in [2.75, 3.05) is 23.5 Å². The monoisotopic (exact) mass is 444 g/mol. The third-order valence-electron chi connectivity index (χ3n) is 4.16. The Morgan fingerprint density at radius 2 is 1.73 bits per heavy atom. The Morgan fingerprint density at radius 1 is 0.967 bits per heavy atom. The number of anilines is 2. The normalized spacial score (nSPS) is 11.0. The molecule has 0 saturated heterocycles. The molecule has 0 atom stereocenters. The fourth-order valence-corrected chi connectivity index (χ4v) is 4.99. The first-order chi connectivity index (χ1) is 14.4. The lowest BCUT2D eigenvalue weighted by Gasteiger charge is -2.09. The molecule has 0 aliphatic heterocycles. The standard InChI is InChI=1S/C21H20N2O5S2/c1-28-18-5-2-4-17(14-18)23-21(25)15-7-9-16(10-8-15)22-19(24)11-13-30(26,27)20-6-3-12-29-20/h2-10,12,14H,11,13H2,1H3,(H,22,24)(H,23,25). The van der Waals surface area contributed by atoms with Crippen molar-refractivity contribution in [2.45, 2.75) is 10.6 Å². The van der Waals surface area contributed by atoms with E-state index < -0.39 is 15.7 Å². The maximum Gasteiger partial charge on any atom is 0.255 e. The number of rotatable bonds is 8. The van der Waals surface area contributed by atoms with Gasteiger partial charge in [0, 0.05) is 29.4 Å². The summed E-state index contributed by atoms with van der Waals surface area (Å²) in [6, 6.07) is 16.5. The summed E-state index contributed by atoms with van der Waals surface area (Å²) < 4.78 is 29.7. The third kappa shape index (κ3) is 5.68. The van der Waals surface area contributed by atoms with Crippen LogP contribution in [-0.4, -0.2) is 33.1 Å². The minimum Gasteiger partial charge on any atom is -0.497 e. The second-order valence-electron chi connectivity index (χ2n) is 6.31. The van der Waals surface area contributed by atoms with Crippen LogP contribution in [0.2, 0.25) is 0 Å². The van der Waals surface area contributed by atoms with Crippen molar-refractivity contribution in [3.8, 4) is 5.75 Å². The van der Waals surface area contributed by atoms with E-state index >= 15 is 0 Å². The van der Waals surface area contributed by atoms with Gasteiger partial charge in [-0.25, -0.2) is 8.42 Å². The Labute approximate surface area is 178 Å². The number of thiophene rings is 1. The van der Waals surface area contributed by atoms with Crippen LogP contribution in [0.1, 0.15) is 16.8 Å². The molecule has 0 bridgehead atoms. The van der Waals surface area contributed by atoms with E-state index in [0.29, 0.717) is 22.7 Å². The summed E-state index contributed by atoms with van der Waals surface area (Å²) in [5.41, 5.74) is 1.49. The van der Waals surface area contributed by atoms with Gasteiger partial charge in [-0.3, -0.25) is 9.59 Å². The van der Waals surface area contributed by atoms with Gasteiger partial charge in [-0.2, -0.15) is 0 Å². The van der Waals surface area contributed by atoms with Crippen molar-refractivity contribution in [3.05, 3.63) is 71.6 Å². The van der Waals surface area contributed by atoms with Gasteiger partial charge >= 0.3 is 0 Å². The quantitative estimate of drug-likeness (QED) is 0.550. The number of benzene rings is 2. The number of hydrogen-bond donors (Lipinski definition) is 2. The molecule has 0 saturated carbocycles. The highest BCUT2D eigenvalue weighted by molar-refractivity contribution is 7.93. The first kappa shape index (κ1) is 21.5. The predicted octanol–water partition coefficient (Wildman–Crippen LogP) is 3.81. The molecule has 2 amide bonds. The van der Waals surface area contributed by atoms with Crippen molar-refractivity contribution >= 4 is 44.4 Å². The molecule has 2 N–H and O–H groups in total. The van der Waals surface area contributed by atoms with Crippen LogP contribution in [0, 0.1) is 0 Å². The van der Waals surface area contributed by atoms with Gasteiger partial charge in [0.15, 0.2) is 9.84 Å². The molecule has 0 fully saturated rings. The molecule has 7 nitrogen and oxygen atoms in total. The summed E-state index contributed by atoms with van der Waals surface area (Å²) >= 11 is 1.13. The van der Waals surface area contributed by atoms with E-state index in [1.807, 2.05) is 0 Å². The molecule has 9 heteroatoms. The highest BCUT2D eigenvalue weighted by atomic mass is 32.2. The largest absolute Gasteiger partial charge is 0.497 e. The second-order valence-corrected chi connectivity index (χ2v) is 9.60. The SMILES string of the molecule is COc1cccc(NC(=O)c2ccc(NC(=O)CCS(=O)(=O)c3cccs3)cc2)c1. The third-order valence-corrected chi connectivity index (χ3v) is 7.36. The highest BCUT2D eigenvalue weighted by Crippen LogP contribution is 2.19. The van der Waals surface area contributed by atoms with Crippen LogP contribution in [0.25, 0.3) is 0 Å². The zero-order valence-electron chi connectivity index (χ0n) is 16.1. The molecule has 30 heavy (non-hydrogen) atoms. The van der Waals surface area contributed by atoms with E-state index in [0.717, 1.165) is 11.3 Å². The van der Waals surface area contributed by atoms with E-state index in [1.54, 1.807) is 67.1 Å². The maximum absolute atomic E-state index is 12.4. The van der Waals surface area contributed by atoms with Crippen molar-refractivity contribution in [1.82, 2.24) is 0 Å². The van der Waals surface area contributed by atoms with Crippen molar-refractivity contribution in [3.63, 3.8) is 0 Å². The summed E-state index contributed by atoms with van der Waals surface area (Å²) in [5, 5.41) is 7.09. The molecule has 0 spiro atoms. The maximum atomic E-state index is 12.4. The Bertz CT molecular complexity index is 1120. The Morgan fingerprint density at radius 3 is 2.40 bits per heavy atom. The molecule has 0 aliphatic rings. The van der Waals surface area contributed by atoms with Crippen LogP contribution in [-0.2, 0) is 14.6 Å². The molecule has 0 aliphatic carbocycles. The minimum atomic E-state index is -3.46. The number of carbonyl (C=O) groups excluding carboxylic acids is 2. The molecule has 0 unspecified atom stereocenters. The topological polar surface area (TPSA) is 102 Å². The Balaban J connectivity index is 1.54. The lowest BCUT2D eigenvalue weighted by atomic mass is 10.2. The summed E-state index contributed by atoms with van der Waals surface area (Å²) in [6.07, 6.45) is -0.154. The molecular weight excluding hydrogens is 424 g/mol. The van der Waals surface area contributed by atoms with Crippen LogP contribution in [0.5, 0.6) is 5.75 Å². The summed E-state index contributed by atoms with van der Waals surface area (Å²) in [4.78, 5) is 24.5. The number of carbonyl (C=O) groups is 2. The number of ether oxygens (including phenoxy) is 1. The Hall–Kier alpha value is -3.17. The van der Waals surface area contributed by atoms with Gasteiger partial charge in [0.05, 0.1) is 12.9 Å². The molecule has 1 aromatic heterocycles. The molecular formula is C21H20N2O5S2. The zero-order chi connectivity index (χ0) is 21.6.